The van der Waals surface area contributed by atoms with Gasteiger partial charge in [0.2, 0.25) is 11.8 Å². The minimum Gasteiger partial charge on any atom is -0.478 e. The van der Waals surface area contributed by atoms with Gasteiger partial charge in [0.1, 0.15) is 0 Å². The van der Waals surface area contributed by atoms with Crippen LogP contribution in [-0.4, -0.2) is 47.4 Å². The maximum atomic E-state index is 11.6. The van der Waals surface area contributed by atoms with Gasteiger partial charge in [-0.15, -0.1) is 0 Å². The van der Waals surface area contributed by atoms with Crippen LogP contribution in [0.4, 0.5) is 5.69 Å². The first kappa shape index (κ1) is 13.6. The van der Waals surface area contributed by atoms with Crippen LogP contribution in [-0.2, 0) is 16.0 Å². The fourth-order valence-electron chi connectivity index (χ4n) is 2.93. The summed E-state index contributed by atoms with van der Waals surface area (Å²) in [6, 6.07) is 5.09. The third-order valence-electron chi connectivity index (χ3n) is 4.07. The maximum Gasteiger partial charge on any atom is 0.335 e. The number of imide groups is 1. The number of likely N-dealkylation sites (tertiary alicyclic amines) is 1. The molecule has 6 heteroatoms. The highest BCUT2D eigenvalue weighted by Crippen LogP contribution is 2.28. The molecule has 0 saturated carbocycles. The summed E-state index contributed by atoms with van der Waals surface area (Å²) in [7, 11) is 0. The molecule has 1 N–H and O–H groups in total. The lowest BCUT2D eigenvalue weighted by molar-refractivity contribution is -0.138. The average molecular weight is 288 g/mol. The number of carbonyl (C=O) groups is 3. The third kappa shape index (κ3) is 2.49. The third-order valence-corrected chi connectivity index (χ3v) is 4.07. The molecule has 2 heterocycles. The second-order valence-corrected chi connectivity index (χ2v) is 5.32. The van der Waals surface area contributed by atoms with Crippen LogP contribution in [0.3, 0.4) is 0 Å². The molecule has 21 heavy (non-hydrogen) atoms. The van der Waals surface area contributed by atoms with Crippen LogP contribution in [0.1, 0.15) is 28.8 Å². The van der Waals surface area contributed by atoms with E-state index >= 15 is 0 Å². The van der Waals surface area contributed by atoms with Crippen LogP contribution in [0.5, 0.6) is 0 Å². The summed E-state index contributed by atoms with van der Waals surface area (Å²) in [6.07, 6.45) is 1.42. The number of carboxylic acid groups (broad SMARTS) is 1. The zero-order valence-electron chi connectivity index (χ0n) is 11.5. The summed E-state index contributed by atoms with van der Waals surface area (Å²) < 4.78 is 0. The Kier molecular flexibility index (Phi) is 3.37. The van der Waals surface area contributed by atoms with Crippen LogP contribution < -0.4 is 4.90 Å². The fraction of sp³-hybridized carbons (Fsp3) is 0.400. The molecule has 110 valence electrons. The minimum absolute atomic E-state index is 0.0966. The topological polar surface area (TPSA) is 77.9 Å². The van der Waals surface area contributed by atoms with Gasteiger partial charge < -0.3 is 10.0 Å². The molecule has 1 aromatic carbocycles. The summed E-state index contributed by atoms with van der Waals surface area (Å²) in [5.41, 5.74) is 2.30. The second-order valence-electron chi connectivity index (χ2n) is 5.32. The van der Waals surface area contributed by atoms with Gasteiger partial charge in [-0.2, -0.15) is 0 Å². The van der Waals surface area contributed by atoms with Crippen molar-refractivity contribution in [3.05, 3.63) is 29.3 Å². The van der Waals surface area contributed by atoms with Gasteiger partial charge in [0, 0.05) is 38.2 Å². The van der Waals surface area contributed by atoms with E-state index in [1.54, 1.807) is 18.2 Å². The van der Waals surface area contributed by atoms with Gasteiger partial charge in [-0.3, -0.25) is 14.5 Å². The zero-order valence-corrected chi connectivity index (χ0v) is 11.5. The van der Waals surface area contributed by atoms with Crippen molar-refractivity contribution < 1.29 is 19.5 Å². The largest absolute Gasteiger partial charge is 0.478 e. The Hall–Kier alpha value is -2.37. The van der Waals surface area contributed by atoms with E-state index in [0.29, 0.717) is 31.5 Å². The Morgan fingerprint density at radius 2 is 1.81 bits per heavy atom. The smallest absolute Gasteiger partial charge is 0.335 e. The first-order valence-electron chi connectivity index (χ1n) is 7.00. The van der Waals surface area contributed by atoms with E-state index in [2.05, 4.69) is 4.90 Å². The summed E-state index contributed by atoms with van der Waals surface area (Å²) >= 11 is 0. The Morgan fingerprint density at radius 3 is 2.48 bits per heavy atom. The predicted octanol–water partition coefficient (Wildman–Crippen LogP) is 0.896. The van der Waals surface area contributed by atoms with Gasteiger partial charge in [-0.1, -0.05) is 0 Å². The first-order chi connectivity index (χ1) is 10.1. The van der Waals surface area contributed by atoms with Crippen molar-refractivity contribution in [3.8, 4) is 0 Å². The highest BCUT2D eigenvalue weighted by Gasteiger charge is 2.29. The van der Waals surface area contributed by atoms with E-state index in [1.807, 2.05) is 0 Å². The number of carboxylic acids is 1. The molecule has 3 rings (SSSR count). The number of benzene rings is 1. The highest BCUT2D eigenvalue weighted by molar-refractivity contribution is 6.01. The van der Waals surface area contributed by atoms with Gasteiger partial charge in [-0.25, -0.2) is 4.79 Å². The fourth-order valence-corrected chi connectivity index (χ4v) is 2.93. The molecule has 0 aliphatic carbocycles. The van der Waals surface area contributed by atoms with Crippen molar-refractivity contribution in [1.82, 2.24) is 4.90 Å². The predicted molar refractivity (Wildman–Crippen MR) is 75.3 cm³/mol. The summed E-state index contributed by atoms with van der Waals surface area (Å²) in [4.78, 5) is 37.5. The van der Waals surface area contributed by atoms with E-state index in [0.717, 1.165) is 24.2 Å². The monoisotopic (exact) mass is 288 g/mol. The van der Waals surface area contributed by atoms with E-state index in [9.17, 15) is 14.4 Å². The SMILES string of the molecule is O=C(O)c1ccc2c(c1)CCN2CCN1C(=O)CCC1=O. The van der Waals surface area contributed by atoms with Crippen LogP contribution in [0.15, 0.2) is 18.2 Å². The summed E-state index contributed by atoms with van der Waals surface area (Å²) in [6.45, 7) is 1.78. The van der Waals surface area contributed by atoms with Crippen molar-refractivity contribution in [2.45, 2.75) is 19.3 Å². The van der Waals surface area contributed by atoms with E-state index in [1.165, 1.54) is 4.90 Å². The molecule has 0 unspecified atom stereocenters. The Morgan fingerprint density at radius 1 is 1.10 bits per heavy atom. The van der Waals surface area contributed by atoms with Crippen LogP contribution in [0.2, 0.25) is 0 Å². The van der Waals surface area contributed by atoms with Crippen LogP contribution in [0, 0.1) is 0 Å². The number of carbonyl (C=O) groups excluding carboxylic acids is 2. The number of aromatic carboxylic acids is 1. The summed E-state index contributed by atoms with van der Waals surface area (Å²) in [5, 5.41) is 8.99. The lowest BCUT2D eigenvalue weighted by atomic mass is 10.1. The minimum atomic E-state index is -0.926. The molecule has 2 aliphatic rings. The van der Waals surface area contributed by atoms with Crippen molar-refractivity contribution in [3.63, 3.8) is 0 Å². The van der Waals surface area contributed by atoms with Crippen molar-refractivity contribution in [2.24, 2.45) is 0 Å². The second kappa shape index (κ2) is 5.20. The van der Waals surface area contributed by atoms with Crippen molar-refractivity contribution in [1.29, 1.82) is 0 Å². The number of hydrogen-bond acceptors (Lipinski definition) is 4. The van der Waals surface area contributed by atoms with Crippen molar-refractivity contribution >= 4 is 23.5 Å². The molecule has 1 fully saturated rings. The molecular formula is C15H16N2O4. The Labute approximate surface area is 122 Å². The van der Waals surface area contributed by atoms with Gasteiger partial charge in [-0.05, 0) is 30.2 Å². The zero-order chi connectivity index (χ0) is 15.0. The Bertz CT molecular complexity index is 610. The molecule has 1 saturated heterocycles. The molecule has 0 spiro atoms. The van der Waals surface area contributed by atoms with E-state index in [4.69, 9.17) is 5.11 Å². The van der Waals surface area contributed by atoms with Gasteiger partial charge >= 0.3 is 5.97 Å². The quantitative estimate of drug-likeness (QED) is 0.833. The average Bonchev–Trinajstić information content (AvgIpc) is 3.00. The number of anilines is 1. The van der Waals surface area contributed by atoms with E-state index in [-0.39, 0.29) is 11.8 Å². The van der Waals surface area contributed by atoms with Gasteiger partial charge in [0.05, 0.1) is 5.56 Å². The maximum absolute atomic E-state index is 11.6. The molecule has 0 radical (unpaired) electrons. The number of rotatable bonds is 4. The molecule has 2 amide bonds. The first-order valence-corrected chi connectivity index (χ1v) is 7.00. The number of fused-ring (bicyclic) bond motifs is 1. The van der Waals surface area contributed by atoms with Gasteiger partial charge in [0.25, 0.3) is 0 Å². The number of nitrogens with zero attached hydrogens (tertiary/aromatic N) is 2. The highest BCUT2D eigenvalue weighted by atomic mass is 16.4. The lowest BCUT2D eigenvalue weighted by Crippen LogP contribution is -2.37. The molecule has 0 bridgehead atoms. The normalized spacial score (nSPS) is 17.5. The molecule has 6 nitrogen and oxygen atoms in total. The van der Waals surface area contributed by atoms with Crippen molar-refractivity contribution in [2.75, 3.05) is 24.5 Å². The standard InChI is InChI=1S/C15H16N2O4/c18-13-3-4-14(19)17(13)8-7-16-6-5-10-9-11(15(20)21)1-2-12(10)16/h1-2,9H,3-8H2,(H,20,21). The van der Waals surface area contributed by atoms with E-state index < -0.39 is 5.97 Å². The van der Waals surface area contributed by atoms with Crippen LogP contribution >= 0.6 is 0 Å². The molecule has 0 atom stereocenters. The number of hydrogen-bond donors (Lipinski definition) is 1. The molecule has 0 aromatic heterocycles. The molecule has 2 aliphatic heterocycles. The van der Waals surface area contributed by atoms with Crippen LogP contribution in [0.25, 0.3) is 0 Å². The Balaban J connectivity index is 1.69. The summed E-state index contributed by atoms with van der Waals surface area (Å²) in [5.74, 6) is -1.12. The molecule has 1 aromatic rings. The molecular weight excluding hydrogens is 272 g/mol. The number of amides is 2. The lowest BCUT2D eigenvalue weighted by Gasteiger charge is -2.22. The van der Waals surface area contributed by atoms with Gasteiger partial charge in [0.15, 0.2) is 0 Å².